The van der Waals surface area contributed by atoms with Crippen molar-refractivity contribution in [2.45, 2.75) is 6.04 Å². The van der Waals surface area contributed by atoms with Crippen LogP contribution in [0.1, 0.15) is 0 Å². The fraction of sp³-hybridized carbons (Fsp3) is 0.571. The predicted molar refractivity (Wildman–Crippen MR) is 41.7 cm³/mol. The van der Waals surface area contributed by atoms with Crippen LogP contribution >= 0.6 is 0 Å². The van der Waals surface area contributed by atoms with Gasteiger partial charge in [0.1, 0.15) is 6.04 Å². The van der Waals surface area contributed by atoms with E-state index in [2.05, 4.69) is 16.0 Å². The van der Waals surface area contributed by atoms with Gasteiger partial charge in [0.2, 0.25) is 5.91 Å². The lowest BCUT2D eigenvalue weighted by molar-refractivity contribution is -0.123. The van der Waals surface area contributed by atoms with Gasteiger partial charge >= 0.3 is 0 Å². The molecule has 0 radical (unpaired) electrons. The van der Waals surface area contributed by atoms with Crippen molar-refractivity contribution in [3.05, 3.63) is 0 Å². The molecule has 0 aromatic rings. The minimum absolute atomic E-state index is 0.205. The Balaban J connectivity index is 3.57. The zero-order valence-electron chi connectivity index (χ0n) is 6.46. The van der Waals surface area contributed by atoms with Crippen LogP contribution in [0.4, 0.5) is 0 Å². The number of hydrogen-bond acceptors (Lipinski definition) is 3. The monoisotopic (exact) mass is 156 g/mol. The SMILES string of the molecule is C#CCNC(=O)C(N)COC. The standard InChI is InChI=1S/C7H12N2O2/c1-3-4-9-7(10)6(8)5-11-2/h1,6H,4-5,8H2,2H3,(H,9,10). The molecule has 3 N–H and O–H groups in total. The molecule has 0 spiro atoms. The first-order valence-corrected chi connectivity index (χ1v) is 3.18. The Morgan fingerprint density at radius 1 is 1.91 bits per heavy atom. The van der Waals surface area contributed by atoms with Gasteiger partial charge in [0, 0.05) is 7.11 Å². The van der Waals surface area contributed by atoms with E-state index in [0.717, 1.165) is 0 Å². The number of nitrogens with one attached hydrogen (secondary N) is 1. The van der Waals surface area contributed by atoms with Crippen molar-refractivity contribution in [1.82, 2.24) is 5.32 Å². The van der Waals surface area contributed by atoms with Gasteiger partial charge in [-0.1, -0.05) is 5.92 Å². The molecule has 4 nitrogen and oxygen atoms in total. The van der Waals surface area contributed by atoms with Gasteiger partial charge in [0.05, 0.1) is 13.2 Å². The van der Waals surface area contributed by atoms with Crippen LogP contribution < -0.4 is 11.1 Å². The molecule has 0 aromatic carbocycles. The summed E-state index contributed by atoms with van der Waals surface area (Å²) in [7, 11) is 1.48. The van der Waals surface area contributed by atoms with E-state index in [0.29, 0.717) is 0 Å². The van der Waals surface area contributed by atoms with Crippen LogP contribution in [0.25, 0.3) is 0 Å². The molecule has 0 fully saturated rings. The highest BCUT2D eigenvalue weighted by Gasteiger charge is 2.10. The largest absolute Gasteiger partial charge is 0.383 e. The number of carbonyl (C=O) groups excluding carboxylic acids is 1. The van der Waals surface area contributed by atoms with Crippen LogP contribution in [-0.4, -0.2) is 32.2 Å². The molecule has 0 bridgehead atoms. The summed E-state index contributed by atoms with van der Waals surface area (Å²) < 4.78 is 4.67. The van der Waals surface area contributed by atoms with Gasteiger partial charge in [-0.2, -0.15) is 0 Å². The third-order valence-corrected chi connectivity index (χ3v) is 1.05. The van der Waals surface area contributed by atoms with Gasteiger partial charge in [-0.15, -0.1) is 6.42 Å². The topological polar surface area (TPSA) is 64.4 Å². The molecule has 0 saturated heterocycles. The number of amides is 1. The zero-order chi connectivity index (χ0) is 8.69. The molecule has 11 heavy (non-hydrogen) atoms. The van der Waals surface area contributed by atoms with Gasteiger partial charge in [-0.05, 0) is 0 Å². The normalized spacial score (nSPS) is 11.7. The average molecular weight is 156 g/mol. The number of carbonyl (C=O) groups is 1. The van der Waals surface area contributed by atoms with Crippen molar-refractivity contribution in [2.75, 3.05) is 20.3 Å². The highest BCUT2D eigenvalue weighted by Crippen LogP contribution is 1.78. The summed E-state index contributed by atoms with van der Waals surface area (Å²) in [5.74, 6) is 1.98. The van der Waals surface area contributed by atoms with Crippen molar-refractivity contribution in [3.63, 3.8) is 0 Å². The smallest absolute Gasteiger partial charge is 0.240 e. The number of ether oxygens (including phenoxy) is 1. The Kier molecular flexibility index (Phi) is 5.17. The molecule has 1 unspecified atom stereocenters. The van der Waals surface area contributed by atoms with Crippen molar-refractivity contribution in [3.8, 4) is 12.3 Å². The van der Waals surface area contributed by atoms with E-state index in [4.69, 9.17) is 12.2 Å². The van der Waals surface area contributed by atoms with Gasteiger partial charge in [-0.25, -0.2) is 0 Å². The van der Waals surface area contributed by atoms with E-state index in [1.165, 1.54) is 7.11 Å². The van der Waals surface area contributed by atoms with Crippen molar-refractivity contribution >= 4 is 5.91 Å². The Hall–Kier alpha value is -1.05. The van der Waals surface area contributed by atoms with Crippen molar-refractivity contribution < 1.29 is 9.53 Å². The second-order valence-electron chi connectivity index (χ2n) is 1.98. The Labute approximate surface area is 66.1 Å². The quantitative estimate of drug-likeness (QED) is 0.498. The van der Waals surface area contributed by atoms with E-state index in [-0.39, 0.29) is 19.1 Å². The molecule has 0 aliphatic carbocycles. The van der Waals surface area contributed by atoms with Crippen LogP contribution in [0.5, 0.6) is 0 Å². The average Bonchev–Trinajstić information content (AvgIpc) is 2.00. The van der Waals surface area contributed by atoms with Crippen LogP contribution in [0.15, 0.2) is 0 Å². The lowest BCUT2D eigenvalue weighted by atomic mass is 10.3. The Morgan fingerprint density at radius 3 is 3.00 bits per heavy atom. The van der Waals surface area contributed by atoms with Gasteiger partial charge in [-0.3, -0.25) is 4.79 Å². The molecule has 0 rings (SSSR count). The summed E-state index contributed by atoms with van der Waals surface area (Å²) in [6, 6.07) is -0.631. The van der Waals surface area contributed by atoms with Crippen LogP contribution in [-0.2, 0) is 9.53 Å². The van der Waals surface area contributed by atoms with Crippen LogP contribution in [0.2, 0.25) is 0 Å². The summed E-state index contributed by atoms with van der Waals surface area (Å²) in [6.07, 6.45) is 4.91. The van der Waals surface area contributed by atoms with E-state index >= 15 is 0 Å². The number of terminal acetylenes is 1. The van der Waals surface area contributed by atoms with Gasteiger partial charge < -0.3 is 15.8 Å². The van der Waals surface area contributed by atoms with E-state index in [9.17, 15) is 4.79 Å². The maximum absolute atomic E-state index is 10.9. The lowest BCUT2D eigenvalue weighted by Gasteiger charge is -2.08. The molecule has 0 aliphatic heterocycles. The predicted octanol–water partition coefficient (Wildman–Crippen LogP) is -1.29. The highest BCUT2D eigenvalue weighted by molar-refractivity contribution is 5.81. The fourth-order valence-corrected chi connectivity index (χ4v) is 0.524. The van der Waals surface area contributed by atoms with E-state index in [1.54, 1.807) is 0 Å². The summed E-state index contributed by atoms with van der Waals surface area (Å²) in [5.41, 5.74) is 5.36. The minimum Gasteiger partial charge on any atom is -0.383 e. The first kappa shape index (κ1) is 9.95. The number of methoxy groups -OCH3 is 1. The van der Waals surface area contributed by atoms with E-state index < -0.39 is 6.04 Å². The molecule has 4 heteroatoms. The van der Waals surface area contributed by atoms with Crippen LogP contribution in [0.3, 0.4) is 0 Å². The molecule has 1 atom stereocenters. The minimum atomic E-state index is -0.631. The highest BCUT2D eigenvalue weighted by atomic mass is 16.5. The molecule has 62 valence electrons. The Bertz CT molecular complexity index is 162. The second kappa shape index (κ2) is 5.71. The molecular formula is C7H12N2O2. The molecule has 1 amide bonds. The lowest BCUT2D eigenvalue weighted by Crippen LogP contribution is -2.43. The number of rotatable bonds is 4. The first-order chi connectivity index (χ1) is 5.22. The van der Waals surface area contributed by atoms with Crippen molar-refractivity contribution in [2.24, 2.45) is 5.73 Å². The molecule has 0 aliphatic rings. The van der Waals surface area contributed by atoms with Gasteiger partial charge in [0.15, 0.2) is 0 Å². The van der Waals surface area contributed by atoms with Crippen LogP contribution in [0, 0.1) is 12.3 Å². The maximum Gasteiger partial charge on any atom is 0.240 e. The summed E-state index contributed by atoms with van der Waals surface area (Å²) >= 11 is 0. The Morgan fingerprint density at radius 2 is 2.55 bits per heavy atom. The number of hydrogen-bond donors (Lipinski definition) is 2. The summed E-state index contributed by atoms with van der Waals surface area (Å²) in [6.45, 7) is 0.409. The van der Waals surface area contributed by atoms with Crippen molar-refractivity contribution in [1.29, 1.82) is 0 Å². The summed E-state index contributed by atoms with van der Waals surface area (Å²) in [4.78, 5) is 10.9. The molecule has 0 aromatic heterocycles. The molecule has 0 saturated carbocycles. The third kappa shape index (κ3) is 4.37. The summed E-state index contributed by atoms with van der Waals surface area (Å²) in [5, 5.41) is 2.44. The molecular weight excluding hydrogens is 144 g/mol. The fourth-order valence-electron chi connectivity index (χ4n) is 0.524. The maximum atomic E-state index is 10.9. The first-order valence-electron chi connectivity index (χ1n) is 3.18. The van der Waals surface area contributed by atoms with E-state index in [1.807, 2.05) is 0 Å². The van der Waals surface area contributed by atoms with Gasteiger partial charge in [0.25, 0.3) is 0 Å². The third-order valence-electron chi connectivity index (χ3n) is 1.05. The zero-order valence-corrected chi connectivity index (χ0v) is 6.46. The second-order valence-corrected chi connectivity index (χ2v) is 1.98. The number of nitrogens with two attached hydrogens (primary N) is 1. The molecule has 0 heterocycles.